The molecule has 5 heteroatoms. The summed E-state index contributed by atoms with van der Waals surface area (Å²) >= 11 is 0. The monoisotopic (exact) mass is 310 g/mol. The summed E-state index contributed by atoms with van der Waals surface area (Å²) in [7, 11) is 0. The number of rotatable bonds is 5. The Hall–Kier alpha value is -1.20. The Morgan fingerprint density at radius 2 is 1.73 bits per heavy atom. The van der Waals surface area contributed by atoms with Crippen LogP contribution in [0.15, 0.2) is 24.3 Å². The van der Waals surface area contributed by atoms with Gasteiger partial charge in [-0.25, -0.2) is 0 Å². The fourth-order valence-corrected chi connectivity index (χ4v) is 3.64. The Morgan fingerprint density at radius 3 is 2.41 bits per heavy atom. The number of nitrogens with zero attached hydrogens (tertiary/aromatic N) is 2. The maximum Gasteiger partial charge on any atom is 0.387 e. The first kappa shape index (κ1) is 15.7. The molecular weight excluding hydrogens is 286 g/mol. The molecule has 1 heterocycles. The van der Waals surface area contributed by atoms with Crippen molar-refractivity contribution in [1.82, 2.24) is 9.80 Å². The number of halogens is 2. The Morgan fingerprint density at radius 1 is 1.05 bits per heavy atom. The van der Waals surface area contributed by atoms with Gasteiger partial charge in [-0.3, -0.25) is 9.80 Å². The Labute approximate surface area is 130 Å². The second-order valence-electron chi connectivity index (χ2n) is 6.24. The quantitative estimate of drug-likeness (QED) is 0.829. The lowest BCUT2D eigenvalue weighted by Gasteiger charge is -2.38. The van der Waals surface area contributed by atoms with Crippen molar-refractivity contribution in [2.45, 2.75) is 44.9 Å². The molecule has 3 nitrogen and oxygen atoms in total. The summed E-state index contributed by atoms with van der Waals surface area (Å²) in [6.45, 7) is 2.09. The third kappa shape index (κ3) is 3.96. The number of benzene rings is 1. The highest BCUT2D eigenvalue weighted by Crippen LogP contribution is 2.26. The van der Waals surface area contributed by atoms with Crippen LogP contribution < -0.4 is 4.74 Å². The van der Waals surface area contributed by atoms with Crippen LogP contribution in [-0.4, -0.2) is 48.6 Å². The number of piperazine rings is 1. The van der Waals surface area contributed by atoms with E-state index in [0.717, 1.165) is 37.8 Å². The van der Waals surface area contributed by atoms with Crippen molar-refractivity contribution in [3.8, 4) is 5.75 Å². The van der Waals surface area contributed by atoms with Gasteiger partial charge in [-0.05, 0) is 18.9 Å². The first-order valence-electron chi connectivity index (χ1n) is 8.21. The number of ether oxygens (including phenoxy) is 1. The first-order valence-corrected chi connectivity index (χ1v) is 8.21. The van der Waals surface area contributed by atoms with Gasteiger partial charge in [0.15, 0.2) is 0 Å². The zero-order valence-corrected chi connectivity index (χ0v) is 12.9. The van der Waals surface area contributed by atoms with Crippen LogP contribution in [0.1, 0.15) is 31.2 Å². The van der Waals surface area contributed by atoms with Crippen molar-refractivity contribution in [1.29, 1.82) is 0 Å². The molecule has 0 amide bonds. The predicted molar refractivity (Wildman–Crippen MR) is 82.2 cm³/mol. The standard InChI is InChI=1S/C17H24F2N2O/c18-17(19)22-16-8-4-1-5-14(16)13-20-9-11-21(12-10-20)15-6-2-3-7-15/h1,4-5,8,15,17H,2-3,6-7,9-13H2. The smallest absolute Gasteiger partial charge is 0.387 e. The number of hydrogen-bond donors (Lipinski definition) is 0. The summed E-state index contributed by atoms with van der Waals surface area (Å²) in [5.74, 6) is 0.302. The molecule has 1 aliphatic carbocycles. The molecule has 0 N–H and O–H groups in total. The summed E-state index contributed by atoms with van der Waals surface area (Å²) in [6.07, 6.45) is 5.41. The minimum atomic E-state index is -2.76. The number of para-hydroxylation sites is 1. The average molecular weight is 310 g/mol. The molecule has 0 bridgehead atoms. The van der Waals surface area contributed by atoms with E-state index in [1.54, 1.807) is 12.1 Å². The summed E-state index contributed by atoms with van der Waals surface area (Å²) in [6, 6.07) is 7.88. The van der Waals surface area contributed by atoms with Gasteiger partial charge in [-0.2, -0.15) is 8.78 Å². The van der Waals surface area contributed by atoms with Crippen molar-refractivity contribution in [2.24, 2.45) is 0 Å². The average Bonchev–Trinajstić information content (AvgIpc) is 3.04. The molecule has 0 unspecified atom stereocenters. The summed E-state index contributed by atoms with van der Waals surface area (Å²) in [4.78, 5) is 4.93. The van der Waals surface area contributed by atoms with E-state index >= 15 is 0 Å². The largest absolute Gasteiger partial charge is 0.434 e. The lowest BCUT2D eigenvalue weighted by Crippen LogP contribution is -2.49. The molecule has 2 aliphatic rings. The van der Waals surface area contributed by atoms with Crippen molar-refractivity contribution in [3.05, 3.63) is 29.8 Å². The molecule has 1 saturated heterocycles. The van der Waals surface area contributed by atoms with Gasteiger partial charge in [0.1, 0.15) is 5.75 Å². The van der Waals surface area contributed by atoms with Gasteiger partial charge in [0, 0.05) is 44.3 Å². The Balaban J connectivity index is 1.54. The highest BCUT2D eigenvalue weighted by atomic mass is 19.3. The predicted octanol–water partition coefficient (Wildman–Crippen LogP) is 3.35. The Kier molecular flexibility index (Phi) is 5.26. The lowest BCUT2D eigenvalue weighted by molar-refractivity contribution is -0.0509. The van der Waals surface area contributed by atoms with Crippen LogP contribution in [0.3, 0.4) is 0 Å². The van der Waals surface area contributed by atoms with Crippen LogP contribution in [0.5, 0.6) is 5.75 Å². The van der Waals surface area contributed by atoms with Crippen LogP contribution in [0, 0.1) is 0 Å². The molecule has 0 spiro atoms. The highest BCUT2D eigenvalue weighted by molar-refractivity contribution is 5.33. The zero-order valence-electron chi connectivity index (χ0n) is 12.9. The fraction of sp³-hybridized carbons (Fsp3) is 0.647. The molecule has 1 aromatic carbocycles. The van der Waals surface area contributed by atoms with E-state index in [4.69, 9.17) is 0 Å². The second-order valence-corrected chi connectivity index (χ2v) is 6.24. The van der Waals surface area contributed by atoms with E-state index in [0.29, 0.717) is 12.3 Å². The van der Waals surface area contributed by atoms with Crippen molar-refractivity contribution < 1.29 is 13.5 Å². The van der Waals surface area contributed by atoms with Crippen molar-refractivity contribution in [2.75, 3.05) is 26.2 Å². The number of alkyl halides is 2. The minimum Gasteiger partial charge on any atom is -0.434 e. The maximum atomic E-state index is 12.5. The summed E-state index contributed by atoms with van der Waals surface area (Å²) in [5, 5.41) is 0. The van der Waals surface area contributed by atoms with Gasteiger partial charge < -0.3 is 4.74 Å². The van der Waals surface area contributed by atoms with Gasteiger partial charge in [0.05, 0.1) is 0 Å². The minimum absolute atomic E-state index is 0.302. The second kappa shape index (κ2) is 7.38. The normalized spacial score (nSPS) is 21.6. The molecule has 1 saturated carbocycles. The van der Waals surface area contributed by atoms with Gasteiger partial charge in [0.25, 0.3) is 0 Å². The molecule has 1 aliphatic heterocycles. The molecule has 0 aromatic heterocycles. The van der Waals surface area contributed by atoms with E-state index in [-0.39, 0.29) is 0 Å². The van der Waals surface area contributed by atoms with Crippen LogP contribution in [-0.2, 0) is 6.54 Å². The molecule has 1 aromatic rings. The SMILES string of the molecule is FC(F)Oc1ccccc1CN1CCN(C2CCCC2)CC1. The van der Waals surface area contributed by atoms with Crippen LogP contribution in [0.4, 0.5) is 8.78 Å². The van der Waals surface area contributed by atoms with E-state index in [1.165, 1.54) is 25.7 Å². The highest BCUT2D eigenvalue weighted by Gasteiger charge is 2.26. The van der Waals surface area contributed by atoms with Gasteiger partial charge in [-0.15, -0.1) is 0 Å². The van der Waals surface area contributed by atoms with Gasteiger partial charge in [0.2, 0.25) is 0 Å². The Bertz CT molecular complexity index is 469. The first-order chi connectivity index (χ1) is 10.7. The molecule has 0 atom stereocenters. The van der Waals surface area contributed by atoms with Crippen molar-refractivity contribution in [3.63, 3.8) is 0 Å². The summed E-state index contributed by atoms with van der Waals surface area (Å²) in [5.41, 5.74) is 0.845. The van der Waals surface area contributed by atoms with E-state index < -0.39 is 6.61 Å². The van der Waals surface area contributed by atoms with E-state index in [9.17, 15) is 8.78 Å². The van der Waals surface area contributed by atoms with Crippen LogP contribution >= 0.6 is 0 Å². The lowest BCUT2D eigenvalue weighted by atomic mass is 10.1. The van der Waals surface area contributed by atoms with Gasteiger partial charge in [-0.1, -0.05) is 31.0 Å². The number of hydrogen-bond acceptors (Lipinski definition) is 3. The van der Waals surface area contributed by atoms with Crippen LogP contribution in [0.25, 0.3) is 0 Å². The van der Waals surface area contributed by atoms with Crippen molar-refractivity contribution >= 4 is 0 Å². The van der Waals surface area contributed by atoms with Gasteiger partial charge >= 0.3 is 6.61 Å². The molecular formula is C17H24F2N2O. The summed E-state index contributed by atoms with van der Waals surface area (Å²) < 4.78 is 29.5. The van der Waals surface area contributed by atoms with Crippen LogP contribution in [0.2, 0.25) is 0 Å². The molecule has 0 radical (unpaired) electrons. The topological polar surface area (TPSA) is 15.7 Å². The fourth-order valence-electron chi connectivity index (χ4n) is 3.64. The molecule has 3 rings (SSSR count). The molecule has 122 valence electrons. The molecule has 2 fully saturated rings. The maximum absolute atomic E-state index is 12.5. The third-order valence-electron chi connectivity index (χ3n) is 4.83. The molecule has 22 heavy (non-hydrogen) atoms. The van der Waals surface area contributed by atoms with E-state index in [2.05, 4.69) is 14.5 Å². The van der Waals surface area contributed by atoms with E-state index in [1.807, 2.05) is 12.1 Å². The zero-order chi connectivity index (χ0) is 15.4. The third-order valence-corrected chi connectivity index (χ3v) is 4.83.